The molecule has 0 aliphatic carbocycles. The maximum Gasteiger partial charge on any atom is 0.342 e. The highest BCUT2D eigenvalue weighted by Gasteiger charge is 2.15. The number of ether oxygens (including phenoxy) is 1. The monoisotopic (exact) mass is 287 g/mol. The van der Waals surface area contributed by atoms with E-state index in [2.05, 4.69) is 5.32 Å². The van der Waals surface area contributed by atoms with Crippen LogP contribution in [0.1, 0.15) is 34.6 Å². The Morgan fingerprint density at radius 3 is 2.57 bits per heavy atom. The Balaban J connectivity index is 1.83. The van der Waals surface area contributed by atoms with Crippen molar-refractivity contribution < 1.29 is 18.7 Å². The van der Waals surface area contributed by atoms with Gasteiger partial charge < -0.3 is 14.5 Å². The summed E-state index contributed by atoms with van der Waals surface area (Å²) < 4.78 is 9.97. The third kappa shape index (κ3) is 3.95. The number of aryl methyl sites for hydroxylation is 1. The second-order valence-corrected chi connectivity index (χ2v) is 4.67. The number of nitrogens with one attached hydrogen (secondary N) is 1. The lowest BCUT2D eigenvalue weighted by Crippen LogP contribution is -2.31. The molecule has 0 spiro atoms. The second kappa shape index (κ2) is 6.74. The summed E-state index contributed by atoms with van der Waals surface area (Å²) in [5, 5.41) is 2.77. The van der Waals surface area contributed by atoms with E-state index in [1.54, 1.807) is 6.92 Å². The fourth-order valence-corrected chi connectivity index (χ4v) is 1.91. The van der Waals surface area contributed by atoms with E-state index < -0.39 is 5.97 Å². The maximum absolute atomic E-state index is 11.8. The molecule has 5 nitrogen and oxygen atoms in total. The van der Waals surface area contributed by atoms with Gasteiger partial charge >= 0.3 is 5.97 Å². The van der Waals surface area contributed by atoms with Crippen LogP contribution in [0.15, 0.2) is 47.1 Å². The molecule has 0 radical (unpaired) electrons. The zero-order valence-corrected chi connectivity index (χ0v) is 12.0. The largest absolute Gasteiger partial charge is 0.469 e. The smallest absolute Gasteiger partial charge is 0.342 e. The number of amides is 1. The van der Waals surface area contributed by atoms with Crippen molar-refractivity contribution in [3.05, 3.63) is 59.5 Å². The standard InChI is InChI=1S/C16H17NO4/c1-11(13-6-4-3-5-7-13)17-15(18)10-21-16(19)14-8-9-20-12(14)2/h3-9,11H,10H2,1-2H3,(H,17,18)/t11-/m0/s1. The fraction of sp³-hybridized carbons (Fsp3) is 0.250. The number of carbonyl (C=O) groups is 2. The van der Waals surface area contributed by atoms with Gasteiger partial charge in [-0.05, 0) is 25.5 Å². The zero-order chi connectivity index (χ0) is 15.2. The molecule has 0 bridgehead atoms. The predicted octanol–water partition coefficient (Wildman–Crippen LogP) is 2.62. The number of rotatable bonds is 5. The third-order valence-corrected chi connectivity index (χ3v) is 3.09. The lowest BCUT2D eigenvalue weighted by Gasteiger charge is -2.14. The molecule has 2 aromatic rings. The van der Waals surface area contributed by atoms with Crippen molar-refractivity contribution in [2.24, 2.45) is 0 Å². The van der Waals surface area contributed by atoms with E-state index in [1.807, 2.05) is 37.3 Å². The Morgan fingerprint density at radius 2 is 1.95 bits per heavy atom. The number of carbonyl (C=O) groups excluding carboxylic acids is 2. The van der Waals surface area contributed by atoms with Crippen LogP contribution in [0, 0.1) is 6.92 Å². The molecule has 5 heteroatoms. The van der Waals surface area contributed by atoms with Crippen LogP contribution in [0.25, 0.3) is 0 Å². The maximum atomic E-state index is 11.8. The summed E-state index contributed by atoms with van der Waals surface area (Å²) in [7, 11) is 0. The summed E-state index contributed by atoms with van der Waals surface area (Å²) >= 11 is 0. The molecule has 0 aliphatic rings. The molecule has 0 fully saturated rings. The quantitative estimate of drug-likeness (QED) is 0.858. The molecule has 1 heterocycles. The van der Waals surface area contributed by atoms with Gasteiger partial charge in [0.05, 0.1) is 12.3 Å². The fourth-order valence-electron chi connectivity index (χ4n) is 1.91. The van der Waals surface area contributed by atoms with Crippen molar-refractivity contribution in [3.63, 3.8) is 0 Å². The second-order valence-electron chi connectivity index (χ2n) is 4.67. The van der Waals surface area contributed by atoms with E-state index in [4.69, 9.17) is 9.15 Å². The average molecular weight is 287 g/mol. The first-order valence-corrected chi connectivity index (χ1v) is 6.63. The van der Waals surface area contributed by atoms with Gasteiger partial charge in [-0.15, -0.1) is 0 Å². The van der Waals surface area contributed by atoms with E-state index in [-0.39, 0.29) is 18.6 Å². The van der Waals surface area contributed by atoms with Crippen molar-refractivity contribution in [1.29, 1.82) is 0 Å². The van der Waals surface area contributed by atoms with Crippen LogP contribution >= 0.6 is 0 Å². The topological polar surface area (TPSA) is 68.5 Å². The lowest BCUT2D eigenvalue weighted by atomic mass is 10.1. The first-order valence-electron chi connectivity index (χ1n) is 6.63. The molecule has 1 amide bonds. The summed E-state index contributed by atoms with van der Waals surface area (Å²) in [5.41, 5.74) is 1.32. The van der Waals surface area contributed by atoms with Crippen molar-refractivity contribution in [1.82, 2.24) is 5.32 Å². The number of furan rings is 1. The van der Waals surface area contributed by atoms with Gasteiger partial charge in [-0.3, -0.25) is 4.79 Å². The molecule has 21 heavy (non-hydrogen) atoms. The molecule has 0 aliphatic heterocycles. The van der Waals surface area contributed by atoms with Crippen LogP contribution in [0.3, 0.4) is 0 Å². The van der Waals surface area contributed by atoms with Gasteiger partial charge in [0.15, 0.2) is 6.61 Å². The third-order valence-electron chi connectivity index (χ3n) is 3.09. The summed E-state index contributed by atoms with van der Waals surface area (Å²) in [6.07, 6.45) is 1.41. The molecular formula is C16H17NO4. The van der Waals surface area contributed by atoms with Gasteiger partial charge in [-0.2, -0.15) is 0 Å². The molecule has 0 saturated heterocycles. The van der Waals surface area contributed by atoms with Crippen LogP contribution in [-0.4, -0.2) is 18.5 Å². The Labute approximate surface area is 122 Å². The van der Waals surface area contributed by atoms with E-state index >= 15 is 0 Å². The van der Waals surface area contributed by atoms with Crippen molar-refractivity contribution in [2.75, 3.05) is 6.61 Å². The lowest BCUT2D eigenvalue weighted by molar-refractivity contribution is -0.124. The first kappa shape index (κ1) is 14.8. The predicted molar refractivity (Wildman–Crippen MR) is 76.7 cm³/mol. The summed E-state index contributed by atoms with van der Waals surface area (Å²) in [6.45, 7) is 3.21. The van der Waals surface area contributed by atoms with Gasteiger partial charge in [0.1, 0.15) is 11.3 Å². The molecule has 1 N–H and O–H groups in total. The number of esters is 1. The molecular weight excluding hydrogens is 270 g/mol. The van der Waals surface area contributed by atoms with Gasteiger partial charge in [-0.25, -0.2) is 4.79 Å². The van der Waals surface area contributed by atoms with Crippen LogP contribution in [0.5, 0.6) is 0 Å². The average Bonchev–Trinajstić information content (AvgIpc) is 2.92. The summed E-state index contributed by atoms with van der Waals surface area (Å²) in [5.74, 6) is -0.442. The highest BCUT2D eigenvalue weighted by atomic mass is 16.5. The summed E-state index contributed by atoms with van der Waals surface area (Å²) in [6, 6.07) is 10.9. The van der Waals surface area contributed by atoms with Crippen LogP contribution in [0.2, 0.25) is 0 Å². The molecule has 2 rings (SSSR count). The van der Waals surface area contributed by atoms with Crippen molar-refractivity contribution in [3.8, 4) is 0 Å². The molecule has 110 valence electrons. The zero-order valence-electron chi connectivity index (χ0n) is 12.0. The van der Waals surface area contributed by atoms with Gasteiger partial charge in [0, 0.05) is 0 Å². The van der Waals surface area contributed by atoms with E-state index in [0.717, 1.165) is 5.56 Å². The minimum absolute atomic E-state index is 0.145. The van der Waals surface area contributed by atoms with E-state index in [0.29, 0.717) is 11.3 Å². The number of hydrogen-bond donors (Lipinski definition) is 1. The molecule has 0 unspecified atom stereocenters. The number of hydrogen-bond acceptors (Lipinski definition) is 4. The first-order chi connectivity index (χ1) is 10.1. The number of benzene rings is 1. The van der Waals surface area contributed by atoms with Crippen molar-refractivity contribution in [2.45, 2.75) is 19.9 Å². The van der Waals surface area contributed by atoms with E-state index in [9.17, 15) is 9.59 Å². The normalized spacial score (nSPS) is 11.7. The van der Waals surface area contributed by atoms with Crippen molar-refractivity contribution >= 4 is 11.9 Å². The SMILES string of the molecule is Cc1occc1C(=O)OCC(=O)N[C@@H](C)c1ccccc1. The molecule has 1 aromatic heterocycles. The van der Waals surface area contributed by atoms with Gasteiger partial charge in [-0.1, -0.05) is 30.3 Å². The Kier molecular flexibility index (Phi) is 4.77. The highest BCUT2D eigenvalue weighted by molar-refractivity contribution is 5.92. The van der Waals surface area contributed by atoms with Gasteiger partial charge in [0.25, 0.3) is 5.91 Å². The van der Waals surface area contributed by atoms with Gasteiger partial charge in [0.2, 0.25) is 0 Å². The Hall–Kier alpha value is -2.56. The minimum Gasteiger partial charge on any atom is -0.469 e. The van der Waals surface area contributed by atoms with Crippen LogP contribution in [-0.2, 0) is 9.53 Å². The Bertz CT molecular complexity index is 618. The van der Waals surface area contributed by atoms with Crippen LogP contribution < -0.4 is 5.32 Å². The molecule has 0 saturated carbocycles. The summed E-state index contributed by atoms with van der Waals surface area (Å²) in [4.78, 5) is 23.5. The molecule has 1 aromatic carbocycles. The van der Waals surface area contributed by atoms with E-state index in [1.165, 1.54) is 12.3 Å². The minimum atomic E-state index is -0.566. The Morgan fingerprint density at radius 1 is 1.24 bits per heavy atom. The molecule has 1 atom stereocenters. The highest BCUT2D eigenvalue weighted by Crippen LogP contribution is 2.12. The van der Waals surface area contributed by atoms with Crippen LogP contribution in [0.4, 0.5) is 0 Å².